The van der Waals surface area contributed by atoms with Crippen molar-refractivity contribution in [1.82, 2.24) is 0 Å². The fraction of sp³-hybridized carbons (Fsp3) is 0.231. The first-order valence-electron chi connectivity index (χ1n) is 5.80. The molecule has 1 aromatic carbocycles. The van der Waals surface area contributed by atoms with Crippen molar-refractivity contribution in [3.8, 4) is 0 Å². The molecule has 0 atom stereocenters. The molecule has 0 aliphatic heterocycles. The van der Waals surface area contributed by atoms with Gasteiger partial charge in [-0.15, -0.1) is 0 Å². The van der Waals surface area contributed by atoms with Gasteiger partial charge in [-0.1, -0.05) is 6.07 Å². The average molecular weight is 261 g/mol. The molecule has 0 radical (unpaired) electrons. The number of nitrogens with one attached hydrogen (secondary N) is 1. The SMILES string of the molecule is CN(C)c1cccc(NCc2ccc([N+](=O)[O-])o2)c1. The highest BCUT2D eigenvalue weighted by Crippen LogP contribution is 2.20. The van der Waals surface area contributed by atoms with Crippen molar-refractivity contribution in [2.75, 3.05) is 24.3 Å². The van der Waals surface area contributed by atoms with Crippen LogP contribution in [0.25, 0.3) is 0 Å². The van der Waals surface area contributed by atoms with Crippen LogP contribution in [0.5, 0.6) is 0 Å². The van der Waals surface area contributed by atoms with E-state index in [1.54, 1.807) is 6.07 Å². The maximum absolute atomic E-state index is 10.5. The van der Waals surface area contributed by atoms with E-state index < -0.39 is 4.92 Å². The van der Waals surface area contributed by atoms with Gasteiger partial charge in [0.1, 0.15) is 10.7 Å². The number of anilines is 2. The summed E-state index contributed by atoms with van der Waals surface area (Å²) in [5.74, 6) is 0.292. The first-order valence-corrected chi connectivity index (χ1v) is 5.80. The number of furan rings is 1. The highest BCUT2D eigenvalue weighted by atomic mass is 16.6. The second kappa shape index (κ2) is 5.43. The first kappa shape index (κ1) is 12.9. The van der Waals surface area contributed by atoms with Crippen molar-refractivity contribution >= 4 is 17.3 Å². The number of benzene rings is 1. The van der Waals surface area contributed by atoms with E-state index in [0.717, 1.165) is 11.4 Å². The quantitative estimate of drug-likeness (QED) is 0.662. The summed E-state index contributed by atoms with van der Waals surface area (Å²) in [6.07, 6.45) is 0. The van der Waals surface area contributed by atoms with Crippen molar-refractivity contribution in [2.24, 2.45) is 0 Å². The van der Waals surface area contributed by atoms with Gasteiger partial charge in [0.15, 0.2) is 0 Å². The standard InChI is InChI=1S/C13H15N3O3/c1-15(2)11-5-3-4-10(8-11)14-9-12-6-7-13(19-12)16(17)18/h3-8,14H,9H2,1-2H3. The van der Waals surface area contributed by atoms with Crippen molar-refractivity contribution in [3.63, 3.8) is 0 Å². The van der Waals surface area contributed by atoms with Gasteiger partial charge in [0.25, 0.3) is 0 Å². The van der Waals surface area contributed by atoms with Crippen LogP contribution in [0.15, 0.2) is 40.8 Å². The van der Waals surface area contributed by atoms with Crippen LogP contribution in [-0.2, 0) is 6.54 Å². The highest BCUT2D eigenvalue weighted by Gasteiger charge is 2.11. The number of hydrogen-bond acceptors (Lipinski definition) is 5. The molecule has 0 saturated heterocycles. The number of rotatable bonds is 5. The average Bonchev–Trinajstić information content (AvgIpc) is 2.85. The van der Waals surface area contributed by atoms with Gasteiger partial charge in [0.05, 0.1) is 12.6 Å². The Morgan fingerprint density at radius 2 is 2.11 bits per heavy atom. The first-order chi connectivity index (χ1) is 9.06. The molecule has 0 aliphatic carbocycles. The molecule has 0 spiro atoms. The molecule has 0 saturated carbocycles. The van der Waals surface area contributed by atoms with Crippen LogP contribution < -0.4 is 10.2 Å². The van der Waals surface area contributed by atoms with Crippen LogP contribution in [0.1, 0.15) is 5.76 Å². The Balaban J connectivity index is 2.01. The van der Waals surface area contributed by atoms with E-state index in [9.17, 15) is 10.1 Å². The van der Waals surface area contributed by atoms with E-state index in [1.807, 2.05) is 43.3 Å². The van der Waals surface area contributed by atoms with Gasteiger partial charge < -0.3 is 14.6 Å². The summed E-state index contributed by atoms with van der Waals surface area (Å²) in [5.41, 5.74) is 2.01. The lowest BCUT2D eigenvalue weighted by atomic mass is 10.2. The van der Waals surface area contributed by atoms with E-state index in [0.29, 0.717) is 12.3 Å². The predicted octanol–water partition coefficient (Wildman–Crippen LogP) is 2.87. The molecule has 1 N–H and O–H groups in total. The van der Waals surface area contributed by atoms with Crippen LogP contribution >= 0.6 is 0 Å². The summed E-state index contributed by atoms with van der Waals surface area (Å²) < 4.78 is 5.07. The predicted molar refractivity (Wildman–Crippen MR) is 73.5 cm³/mol. The Morgan fingerprint density at radius 1 is 1.32 bits per heavy atom. The number of nitro groups is 1. The number of nitrogens with zero attached hydrogens (tertiary/aromatic N) is 2. The molecular weight excluding hydrogens is 246 g/mol. The smallest absolute Gasteiger partial charge is 0.404 e. The topological polar surface area (TPSA) is 71.5 Å². The summed E-state index contributed by atoms with van der Waals surface area (Å²) in [7, 11) is 3.93. The Kier molecular flexibility index (Phi) is 3.70. The zero-order valence-electron chi connectivity index (χ0n) is 10.8. The molecule has 0 bridgehead atoms. The molecule has 6 heteroatoms. The minimum atomic E-state index is -0.545. The van der Waals surface area contributed by atoms with Crippen LogP contribution in [0.4, 0.5) is 17.3 Å². The summed E-state index contributed by atoms with van der Waals surface area (Å²) >= 11 is 0. The minimum Gasteiger partial charge on any atom is -0.404 e. The third-order valence-corrected chi connectivity index (χ3v) is 2.66. The molecule has 2 rings (SSSR count). The zero-order chi connectivity index (χ0) is 13.8. The molecule has 0 fully saturated rings. The molecule has 2 aromatic rings. The van der Waals surface area contributed by atoms with Crippen molar-refractivity contribution in [1.29, 1.82) is 0 Å². The zero-order valence-corrected chi connectivity index (χ0v) is 10.8. The van der Waals surface area contributed by atoms with Crippen LogP contribution in [-0.4, -0.2) is 19.0 Å². The van der Waals surface area contributed by atoms with Gasteiger partial charge >= 0.3 is 5.88 Å². The van der Waals surface area contributed by atoms with Gasteiger partial charge in [-0.25, -0.2) is 0 Å². The number of hydrogen-bond donors (Lipinski definition) is 1. The van der Waals surface area contributed by atoms with E-state index in [1.165, 1.54) is 6.07 Å². The van der Waals surface area contributed by atoms with Crippen molar-refractivity contribution in [3.05, 3.63) is 52.3 Å². The molecular formula is C13H15N3O3. The molecule has 6 nitrogen and oxygen atoms in total. The Morgan fingerprint density at radius 3 is 2.74 bits per heavy atom. The summed E-state index contributed by atoms with van der Waals surface area (Å²) in [4.78, 5) is 12.0. The summed E-state index contributed by atoms with van der Waals surface area (Å²) in [6.45, 7) is 0.407. The van der Waals surface area contributed by atoms with Crippen LogP contribution in [0, 0.1) is 10.1 Å². The van der Waals surface area contributed by atoms with E-state index in [4.69, 9.17) is 4.42 Å². The minimum absolute atomic E-state index is 0.237. The monoisotopic (exact) mass is 261 g/mol. The molecule has 1 aromatic heterocycles. The maximum atomic E-state index is 10.5. The lowest BCUT2D eigenvalue weighted by molar-refractivity contribution is -0.402. The largest absolute Gasteiger partial charge is 0.433 e. The third kappa shape index (κ3) is 3.25. The van der Waals surface area contributed by atoms with Gasteiger partial charge in [-0.05, 0) is 24.3 Å². The lowest BCUT2D eigenvalue weighted by Gasteiger charge is -2.14. The van der Waals surface area contributed by atoms with Gasteiger partial charge in [-0.2, -0.15) is 0 Å². The molecule has 100 valence electrons. The Labute approximate surface area is 110 Å². The van der Waals surface area contributed by atoms with Crippen LogP contribution in [0.3, 0.4) is 0 Å². The molecule has 0 unspecified atom stereocenters. The van der Waals surface area contributed by atoms with Gasteiger partial charge in [-0.3, -0.25) is 10.1 Å². The maximum Gasteiger partial charge on any atom is 0.433 e. The lowest BCUT2D eigenvalue weighted by Crippen LogP contribution is -2.09. The van der Waals surface area contributed by atoms with Gasteiger partial charge in [0.2, 0.25) is 0 Å². The molecule has 1 heterocycles. The van der Waals surface area contributed by atoms with Crippen molar-refractivity contribution in [2.45, 2.75) is 6.54 Å². The van der Waals surface area contributed by atoms with E-state index in [2.05, 4.69) is 5.32 Å². The molecule has 0 aliphatic rings. The fourth-order valence-electron chi connectivity index (χ4n) is 1.64. The van der Waals surface area contributed by atoms with Gasteiger partial charge in [0, 0.05) is 25.5 Å². The van der Waals surface area contributed by atoms with E-state index in [-0.39, 0.29) is 5.88 Å². The summed E-state index contributed by atoms with van der Waals surface area (Å²) in [6, 6.07) is 10.8. The highest BCUT2D eigenvalue weighted by molar-refractivity contribution is 5.57. The Bertz CT molecular complexity index is 578. The normalized spacial score (nSPS) is 10.2. The molecule has 0 amide bonds. The molecule has 19 heavy (non-hydrogen) atoms. The summed E-state index contributed by atoms with van der Waals surface area (Å²) in [5, 5.41) is 13.7. The Hall–Kier alpha value is -2.50. The fourth-order valence-corrected chi connectivity index (χ4v) is 1.64. The second-order valence-electron chi connectivity index (χ2n) is 4.30. The third-order valence-electron chi connectivity index (χ3n) is 2.66. The van der Waals surface area contributed by atoms with Crippen LogP contribution in [0.2, 0.25) is 0 Å². The second-order valence-corrected chi connectivity index (χ2v) is 4.30. The van der Waals surface area contributed by atoms with Crippen molar-refractivity contribution < 1.29 is 9.34 Å². The van der Waals surface area contributed by atoms with E-state index >= 15 is 0 Å².